The lowest BCUT2D eigenvalue weighted by atomic mass is 10.2. The predicted octanol–water partition coefficient (Wildman–Crippen LogP) is 2.58. The normalized spacial score (nSPS) is 13.1. The Labute approximate surface area is 87.2 Å². The lowest BCUT2D eigenvalue weighted by molar-refractivity contribution is 0.222. The molecule has 0 aliphatic rings. The van der Waals surface area contributed by atoms with Crippen molar-refractivity contribution in [3.05, 3.63) is 39.1 Å². The van der Waals surface area contributed by atoms with Crippen molar-refractivity contribution in [2.24, 2.45) is 0 Å². The SMILES string of the molecule is OC(c1ccoc1)c1scnc1Br. The summed E-state index contributed by atoms with van der Waals surface area (Å²) >= 11 is 4.67. The first-order valence-electron chi connectivity index (χ1n) is 3.58. The van der Waals surface area contributed by atoms with Gasteiger partial charge in [-0.2, -0.15) is 0 Å². The van der Waals surface area contributed by atoms with E-state index >= 15 is 0 Å². The third-order valence-corrected chi connectivity index (χ3v) is 3.43. The Bertz CT molecular complexity index is 385. The Hall–Kier alpha value is -0.650. The Kier molecular flexibility index (Phi) is 2.48. The molecule has 68 valence electrons. The highest BCUT2D eigenvalue weighted by atomic mass is 79.9. The fourth-order valence-corrected chi connectivity index (χ4v) is 2.42. The molecule has 1 N–H and O–H groups in total. The van der Waals surface area contributed by atoms with E-state index in [0.717, 1.165) is 10.4 Å². The van der Waals surface area contributed by atoms with E-state index in [1.54, 1.807) is 11.6 Å². The second-order valence-electron chi connectivity index (χ2n) is 2.47. The summed E-state index contributed by atoms with van der Waals surface area (Å²) < 4.78 is 5.57. The van der Waals surface area contributed by atoms with Gasteiger partial charge in [0.1, 0.15) is 10.7 Å². The van der Waals surface area contributed by atoms with Gasteiger partial charge < -0.3 is 9.52 Å². The summed E-state index contributed by atoms with van der Waals surface area (Å²) in [5, 5.41) is 9.83. The minimum absolute atomic E-state index is 0.652. The smallest absolute Gasteiger partial charge is 0.123 e. The molecule has 2 heterocycles. The summed E-state index contributed by atoms with van der Waals surface area (Å²) in [6.45, 7) is 0. The third kappa shape index (κ3) is 1.67. The number of aliphatic hydroxyl groups is 1. The van der Waals surface area contributed by atoms with Crippen LogP contribution in [0.25, 0.3) is 0 Å². The van der Waals surface area contributed by atoms with Crippen LogP contribution in [0.4, 0.5) is 0 Å². The molecule has 0 radical (unpaired) electrons. The fourth-order valence-electron chi connectivity index (χ4n) is 1.00. The molecule has 2 aromatic heterocycles. The highest BCUT2D eigenvalue weighted by molar-refractivity contribution is 9.10. The summed E-state index contributed by atoms with van der Waals surface area (Å²) in [6.07, 6.45) is 2.41. The Morgan fingerprint density at radius 3 is 3.00 bits per heavy atom. The van der Waals surface area contributed by atoms with Gasteiger partial charge in [0.25, 0.3) is 0 Å². The maximum Gasteiger partial charge on any atom is 0.123 e. The van der Waals surface area contributed by atoms with Gasteiger partial charge in [0, 0.05) is 5.56 Å². The lowest BCUT2D eigenvalue weighted by Gasteiger charge is -2.04. The molecule has 3 nitrogen and oxygen atoms in total. The number of aliphatic hydroxyl groups excluding tert-OH is 1. The van der Waals surface area contributed by atoms with Crippen LogP contribution in [-0.2, 0) is 0 Å². The van der Waals surface area contributed by atoms with Gasteiger partial charge in [0.05, 0.1) is 22.9 Å². The van der Waals surface area contributed by atoms with Crippen LogP contribution in [0.1, 0.15) is 16.5 Å². The van der Waals surface area contributed by atoms with Crippen LogP contribution in [0.3, 0.4) is 0 Å². The molecule has 0 aliphatic carbocycles. The highest BCUT2D eigenvalue weighted by Gasteiger charge is 2.16. The van der Waals surface area contributed by atoms with Gasteiger partial charge in [-0.25, -0.2) is 4.98 Å². The number of nitrogens with zero attached hydrogens (tertiary/aromatic N) is 1. The first-order valence-corrected chi connectivity index (χ1v) is 5.25. The molecule has 0 bridgehead atoms. The molecular formula is C8H6BrNO2S. The van der Waals surface area contributed by atoms with E-state index in [1.165, 1.54) is 23.9 Å². The largest absolute Gasteiger partial charge is 0.472 e. The Balaban J connectivity index is 2.33. The van der Waals surface area contributed by atoms with Crippen molar-refractivity contribution in [3.8, 4) is 0 Å². The number of aromatic nitrogens is 1. The van der Waals surface area contributed by atoms with Crippen LogP contribution in [0.2, 0.25) is 0 Å². The molecule has 13 heavy (non-hydrogen) atoms. The standard InChI is InChI=1S/C8H6BrNO2S/c9-8-7(13-4-10-8)6(11)5-1-2-12-3-5/h1-4,6,11H. The van der Waals surface area contributed by atoms with Crippen molar-refractivity contribution >= 4 is 27.3 Å². The topological polar surface area (TPSA) is 46.3 Å². The molecule has 2 aromatic rings. The number of rotatable bonds is 2. The molecule has 0 saturated carbocycles. The molecule has 0 amide bonds. The minimum Gasteiger partial charge on any atom is -0.472 e. The second kappa shape index (κ2) is 3.61. The van der Waals surface area contributed by atoms with Crippen LogP contribution in [-0.4, -0.2) is 10.1 Å². The summed E-state index contributed by atoms with van der Waals surface area (Å²) in [4.78, 5) is 4.79. The van der Waals surface area contributed by atoms with E-state index in [4.69, 9.17) is 4.42 Å². The molecule has 1 atom stereocenters. The van der Waals surface area contributed by atoms with Crippen molar-refractivity contribution in [1.82, 2.24) is 4.98 Å². The average Bonchev–Trinajstić information content (AvgIpc) is 2.72. The summed E-state index contributed by atoms with van der Waals surface area (Å²) in [7, 11) is 0. The quantitative estimate of drug-likeness (QED) is 0.902. The lowest BCUT2D eigenvalue weighted by Crippen LogP contribution is -1.95. The van der Waals surface area contributed by atoms with Crippen LogP contribution in [0.5, 0.6) is 0 Å². The van der Waals surface area contributed by atoms with Crippen LogP contribution >= 0.6 is 27.3 Å². The van der Waals surface area contributed by atoms with Gasteiger partial charge in [0.15, 0.2) is 0 Å². The number of thiazole rings is 1. The maximum absolute atomic E-state index is 9.83. The molecule has 0 aliphatic heterocycles. The van der Waals surface area contributed by atoms with Crippen LogP contribution in [0, 0.1) is 0 Å². The van der Waals surface area contributed by atoms with Gasteiger partial charge in [0.2, 0.25) is 0 Å². The van der Waals surface area contributed by atoms with E-state index in [2.05, 4.69) is 20.9 Å². The zero-order valence-electron chi connectivity index (χ0n) is 6.48. The van der Waals surface area contributed by atoms with Crippen LogP contribution < -0.4 is 0 Å². The zero-order chi connectivity index (χ0) is 9.26. The minimum atomic E-state index is -0.652. The van der Waals surface area contributed by atoms with Gasteiger partial charge in [-0.1, -0.05) is 0 Å². The third-order valence-electron chi connectivity index (χ3n) is 1.66. The number of hydrogen-bond donors (Lipinski definition) is 1. The Morgan fingerprint density at radius 1 is 1.62 bits per heavy atom. The first kappa shape index (κ1) is 8.93. The van der Waals surface area contributed by atoms with E-state index in [1.807, 2.05) is 0 Å². The van der Waals surface area contributed by atoms with E-state index in [0.29, 0.717) is 4.60 Å². The molecule has 0 saturated heterocycles. The van der Waals surface area contributed by atoms with Gasteiger partial charge in [-0.15, -0.1) is 11.3 Å². The number of halogens is 1. The van der Waals surface area contributed by atoms with Gasteiger partial charge in [-0.05, 0) is 22.0 Å². The second-order valence-corrected chi connectivity index (χ2v) is 4.10. The maximum atomic E-state index is 9.83. The van der Waals surface area contributed by atoms with Crippen LogP contribution in [0.15, 0.2) is 33.1 Å². The summed E-state index contributed by atoms with van der Waals surface area (Å²) in [6, 6.07) is 1.73. The molecule has 0 spiro atoms. The highest BCUT2D eigenvalue weighted by Crippen LogP contribution is 2.30. The summed E-state index contributed by atoms with van der Waals surface area (Å²) in [5.41, 5.74) is 2.42. The summed E-state index contributed by atoms with van der Waals surface area (Å²) in [5.74, 6) is 0. The molecule has 0 fully saturated rings. The van der Waals surface area contributed by atoms with Crippen molar-refractivity contribution < 1.29 is 9.52 Å². The van der Waals surface area contributed by atoms with Crippen molar-refractivity contribution in [2.45, 2.75) is 6.10 Å². The fraction of sp³-hybridized carbons (Fsp3) is 0.125. The average molecular weight is 260 g/mol. The first-order chi connectivity index (χ1) is 6.29. The monoisotopic (exact) mass is 259 g/mol. The van der Waals surface area contributed by atoms with E-state index < -0.39 is 6.10 Å². The number of furan rings is 1. The molecule has 2 rings (SSSR count). The molecule has 0 aromatic carbocycles. The van der Waals surface area contributed by atoms with Gasteiger partial charge in [-0.3, -0.25) is 0 Å². The van der Waals surface area contributed by atoms with E-state index in [9.17, 15) is 5.11 Å². The molecule has 1 unspecified atom stereocenters. The predicted molar refractivity (Wildman–Crippen MR) is 52.6 cm³/mol. The van der Waals surface area contributed by atoms with E-state index in [-0.39, 0.29) is 0 Å². The molecular weight excluding hydrogens is 254 g/mol. The molecule has 5 heteroatoms. The van der Waals surface area contributed by atoms with Crippen molar-refractivity contribution in [3.63, 3.8) is 0 Å². The number of hydrogen-bond acceptors (Lipinski definition) is 4. The zero-order valence-corrected chi connectivity index (χ0v) is 8.88. The van der Waals surface area contributed by atoms with Crippen molar-refractivity contribution in [1.29, 1.82) is 0 Å². The Morgan fingerprint density at radius 2 is 2.46 bits per heavy atom. The van der Waals surface area contributed by atoms with Gasteiger partial charge >= 0.3 is 0 Å². The van der Waals surface area contributed by atoms with Crippen molar-refractivity contribution in [2.75, 3.05) is 0 Å².